The van der Waals surface area contributed by atoms with Crippen molar-refractivity contribution >= 4 is 11.6 Å². The molecule has 4 rings (SSSR count). The van der Waals surface area contributed by atoms with Gasteiger partial charge in [0.25, 0.3) is 5.91 Å². The summed E-state index contributed by atoms with van der Waals surface area (Å²) in [6, 6.07) is 12.7. The highest BCUT2D eigenvalue weighted by Crippen LogP contribution is 2.35. The first-order chi connectivity index (χ1) is 16.8. The second kappa shape index (κ2) is 9.84. The van der Waals surface area contributed by atoms with Crippen LogP contribution >= 0.6 is 0 Å². The van der Waals surface area contributed by atoms with Crippen molar-refractivity contribution in [3.8, 4) is 17.2 Å². The highest BCUT2D eigenvalue weighted by atomic mass is 19.4. The molecule has 1 N–H and O–H groups in total. The largest absolute Gasteiger partial charge is 0.493 e. The number of carbonyl (C=O) groups is 1. The van der Waals surface area contributed by atoms with E-state index in [4.69, 9.17) is 9.47 Å². The molecule has 180 valence electrons. The molecule has 0 spiro atoms. The summed E-state index contributed by atoms with van der Waals surface area (Å²) in [5.41, 5.74) is -1.62. The van der Waals surface area contributed by atoms with E-state index >= 15 is 0 Å². The Labute approximate surface area is 196 Å². The number of carbonyl (C=O) groups excluding carboxylic acids is 1. The Kier molecular flexibility index (Phi) is 6.67. The van der Waals surface area contributed by atoms with Crippen molar-refractivity contribution in [2.75, 3.05) is 12.4 Å². The zero-order valence-corrected chi connectivity index (χ0v) is 18.2. The maximum Gasteiger partial charge on any atom is 0.434 e. The molecular formula is C24H18F4N4O3. The lowest BCUT2D eigenvalue weighted by Crippen LogP contribution is -2.21. The van der Waals surface area contributed by atoms with Crippen molar-refractivity contribution in [3.63, 3.8) is 0 Å². The van der Waals surface area contributed by atoms with Gasteiger partial charge in [-0.15, -0.1) is 0 Å². The number of halogens is 4. The van der Waals surface area contributed by atoms with E-state index in [0.29, 0.717) is 10.4 Å². The Morgan fingerprint density at radius 2 is 1.80 bits per heavy atom. The number of benzene rings is 2. The van der Waals surface area contributed by atoms with E-state index in [0.717, 1.165) is 23.9 Å². The quantitative estimate of drug-likeness (QED) is 0.361. The monoisotopic (exact) mass is 486 g/mol. The van der Waals surface area contributed by atoms with Crippen LogP contribution in [0.25, 0.3) is 5.69 Å². The van der Waals surface area contributed by atoms with Crippen LogP contribution in [0.5, 0.6) is 11.5 Å². The van der Waals surface area contributed by atoms with Gasteiger partial charge < -0.3 is 14.8 Å². The lowest BCUT2D eigenvalue weighted by molar-refractivity contribution is -0.143. The van der Waals surface area contributed by atoms with Gasteiger partial charge in [-0.2, -0.15) is 18.3 Å². The number of methoxy groups -OCH3 is 1. The van der Waals surface area contributed by atoms with Crippen molar-refractivity contribution in [1.29, 1.82) is 0 Å². The van der Waals surface area contributed by atoms with Crippen LogP contribution < -0.4 is 14.8 Å². The zero-order chi connectivity index (χ0) is 25.0. The fourth-order valence-electron chi connectivity index (χ4n) is 3.30. The van der Waals surface area contributed by atoms with Crippen LogP contribution in [0, 0.1) is 5.82 Å². The number of ether oxygens (including phenoxy) is 2. The van der Waals surface area contributed by atoms with Crippen LogP contribution in [0.4, 0.5) is 23.2 Å². The number of aromatic nitrogens is 3. The van der Waals surface area contributed by atoms with Gasteiger partial charge in [-0.05, 0) is 42.0 Å². The van der Waals surface area contributed by atoms with Crippen LogP contribution in [0.3, 0.4) is 0 Å². The summed E-state index contributed by atoms with van der Waals surface area (Å²) in [6.45, 7) is 0.171. The third kappa shape index (κ3) is 5.24. The van der Waals surface area contributed by atoms with Crippen molar-refractivity contribution in [1.82, 2.24) is 14.8 Å². The van der Waals surface area contributed by atoms with Gasteiger partial charge in [0.05, 0.1) is 18.9 Å². The highest BCUT2D eigenvalue weighted by Gasteiger charge is 2.41. The van der Waals surface area contributed by atoms with Crippen molar-refractivity contribution in [3.05, 3.63) is 95.8 Å². The minimum atomic E-state index is -4.98. The number of hydrogen-bond acceptors (Lipinski definition) is 5. The number of para-hydroxylation sites is 1. The molecule has 0 atom stereocenters. The molecule has 2 aromatic carbocycles. The van der Waals surface area contributed by atoms with Crippen molar-refractivity contribution in [2.24, 2.45) is 0 Å². The lowest BCUT2D eigenvalue weighted by atomic mass is 10.2. The zero-order valence-electron chi connectivity index (χ0n) is 18.2. The summed E-state index contributed by atoms with van der Waals surface area (Å²) in [7, 11) is 1.43. The summed E-state index contributed by atoms with van der Waals surface area (Å²) < 4.78 is 67.2. The number of hydrogen-bond donors (Lipinski definition) is 1. The summed E-state index contributed by atoms with van der Waals surface area (Å²) in [4.78, 5) is 16.7. The van der Waals surface area contributed by atoms with E-state index in [9.17, 15) is 22.4 Å². The van der Waals surface area contributed by atoms with Crippen LogP contribution in [0.1, 0.15) is 21.6 Å². The Bertz CT molecular complexity index is 1340. The normalized spacial score (nSPS) is 11.2. The Morgan fingerprint density at radius 1 is 1.06 bits per heavy atom. The molecule has 0 unspecified atom stereocenters. The number of alkyl halides is 3. The smallest absolute Gasteiger partial charge is 0.434 e. The van der Waals surface area contributed by atoms with Gasteiger partial charge >= 0.3 is 6.18 Å². The van der Waals surface area contributed by atoms with Gasteiger partial charge in [0.15, 0.2) is 17.2 Å². The molecule has 0 aliphatic rings. The van der Waals surface area contributed by atoms with Gasteiger partial charge in [0, 0.05) is 24.1 Å². The molecule has 0 bridgehead atoms. The third-order valence-corrected chi connectivity index (χ3v) is 4.93. The first-order valence-electron chi connectivity index (χ1n) is 10.2. The van der Waals surface area contributed by atoms with E-state index in [1.165, 1.54) is 37.4 Å². The highest BCUT2D eigenvalue weighted by molar-refractivity contribution is 6.05. The van der Waals surface area contributed by atoms with E-state index in [1.807, 2.05) is 0 Å². The molecule has 7 nitrogen and oxygen atoms in total. The molecule has 0 radical (unpaired) electrons. The Balaban J connectivity index is 1.62. The maximum atomic E-state index is 14.2. The van der Waals surface area contributed by atoms with E-state index in [2.05, 4.69) is 15.4 Å². The average Bonchev–Trinajstić information content (AvgIpc) is 3.30. The first kappa shape index (κ1) is 23.7. The molecule has 2 aromatic heterocycles. The fraction of sp³-hybridized carbons (Fsp3) is 0.125. The van der Waals surface area contributed by atoms with Crippen LogP contribution in [0.2, 0.25) is 0 Å². The van der Waals surface area contributed by atoms with Crippen molar-refractivity contribution < 1.29 is 31.8 Å². The van der Waals surface area contributed by atoms with Gasteiger partial charge in [-0.3, -0.25) is 9.78 Å². The van der Waals surface area contributed by atoms with Gasteiger partial charge in [-0.1, -0.05) is 12.1 Å². The second-order valence-corrected chi connectivity index (χ2v) is 7.23. The van der Waals surface area contributed by atoms with Gasteiger partial charge in [-0.25, -0.2) is 9.07 Å². The predicted molar refractivity (Wildman–Crippen MR) is 118 cm³/mol. The van der Waals surface area contributed by atoms with Crippen LogP contribution in [-0.2, 0) is 12.8 Å². The van der Waals surface area contributed by atoms with E-state index in [1.54, 1.807) is 24.5 Å². The van der Waals surface area contributed by atoms with Crippen LogP contribution in [0.15, 0.2) is 73.2 Å². The molecule has 2 heterocycles. The topological polar surface area (TPSA) is 78.3 Å². The number of anilines is 1. The lowest BCUT2D eigenvalue weighted by Gasteiger charge is -2.14. The van der Waals surface area contributed by atoms with Gasteiger partial charge in [0.1, 0.15) is 18.1 Å². The van der Waals surface area contributed by atoms with E-state index in [-0.39, 0.29) is 18.0 Å². The van der Waals surface area contributed by atoms with Crippen LogP contribution in [-0.4, -0.2) is 27.8 Å². The molecule has 4 aromatic rings. The minimum absolute atomic E-state index is 0.160. The molecule has 1 amide bonds. The summed E-state index contributed by atoms with van der Waals surface area (Å²) in [5, 5.41) is 6.04. The number of nitrogens with zero attached hydrogens (tertiary/aromatic N) is 3. The Hall–Kier alpha value is -4.41. The fourth-order valence-corrected chi connectivity index (χ4v) is 3.30. The molecule has 0 aliphatic heterocycles. The third-order valence-electron chi connectivity index (χ3n) is 4.93. The first-order valence-corrected chi connectivity index (χ1v) is 10.2. The molecule has 0 aliphatic carbocycles. The average molecular weight is 486 g/mol. The van der Waals surface area contributed by atoms with Crippen molar-refractivity contribution in [2.45, 2.75) is 12.8 Å². The molecule has 0 saturated carbocycles. The number of amides is 1. The molecule has 0 fully saturated rings. The molecule has 11 heteroatoms. The van der Waals surface area contributed by atoms with Gasteiger partial charge in [0.2, 0.25) is 0 Å². The number of nitrogens with one attached hydrogen (secondary N) is 1. The molecular weight excluding hydrogens is 468 g/mol. The summed E-state index contributed by atoms with van der Waals surface area (Å²) in [5.74, 6) is -1.37. The number of pyridine rings is 1. The maximum absolute atomic E-state index is 14.2. The summed E-state index contributed by atoms with van der Waals surface area (Å²) in [6.07, 6.45) is -1.03. The second-order valence-electron chi connectivity index (χ2n) is 7.23. The standard InChI is InChI=1S/C24H18F4N4O3/c1-34-20-7-6-16(12-21(20)35-14-15-8-10-29-11-9-15)31-23(33)17-13-30-32(22(17)24(26,27)28)19-5-3-2-4-18(19)25/h2-13H,14H2,1H3,(H,31,33). The molecule has 0 saturated heterocycles. The molecule has 35 heavy (non-hydrogen) atoms. The number of rotatable bonds is 7. The SMILES string of the molecule is COc1ccc(NC(=O)c2cnn(-c3ccccc3F)c2C(F)(F)F)cc1OCc1ccncc1. The summed E-state index contributed by atoms with van der Waals surface area (Å²) >= 11 is 0. The minimum Gasteiger partial charge on any atom is -0.493 e. The predicted octanol–water partition coefficient (Wildman–Crippen LogP) is 5.27. The van der Waals surface area contributed by atoms with E-state index < -0.39 is 34.8 Å². The Morgan fingerprint density at radius 3 is 2.49 bits per heavy atom.